The van der Waals surface area contributed by atoms with E-state index in [9.17, 15) is 13.2 Å². The topological polar surface area (TPSA) is 70.2 Å². The molecule has 0 atom stereocenters. The molecule has 1 amide bonds. The molecule has 0 bridgehead atoms. The second-order valence-corrected chi connectivity index (χ2v) is 11.2. The first-order chi connectivity index (χ1) is 16.4. The lowest BCUT2D eigenvalue weighted by atomic mass is 9.96. The van der Waals surface area contributed by atoms with Crippen LogP contribution in [0.15, 0.2) is 53.4 Å². The number of amides is 1. The molecule has 2 heterocycles. The number of anilines is 1. The molecular weight excluding hydrogens is 450 g/mol. The smallest absolute Gasteiger partial charge is 0.243 e. The lowest BCUT2D eigenvalue weighted by Gasteiger charge is -2.34. The van der Waals surface area contributed by atoms with Gasteiger partial charge in [-0.1, -0.05) is 18.2 Å². The fraction of sp³-hybridized carbons (Fsp3) is 0.500. The third-order valence-corrected chi connectivity index (χ3v) is 8.89. The van der Waals surface area contributed by atoms with Crippen LogP contribution in [0.2, 0.25) is 0 Å². The van der Waals surface area contributed by atoms with Crippen LogP contribution in [-0.2, 0) is 21.4 Å². The lowest BCUT2D eigenvalue weighted by Crippen LogP contribution is -2.43. The van der Waals surface area contributed by atoms with Gasteiger partial charge in [-0.05, 0) is 68.0 Å². The molecule has 0 saturated carbocycles. The highest BCUT2D eigenvalue weighted by Crippen LogP contribution is 2.28. The highest BCUT2D eigenvalue weighted by Gasteiger charge is 2.33. The molecule has 0 N–H and O–H groups in total. The summed E-state index contributed by atoms with van der Waals surface area (Å²) in [5.41, 5.74) is 2.39. The minimum atomic E-state index is -3.58. The van der Waals surface area contributed by atoms with Crippen molar-refractivity contribution in [3.8, 4) is 5.75 Å². The fourth-order valence-corrected chi connectivity index (χ4v) is 6.44. The van der Waals surface area contributed by atoms with Gasteiger partial charge in [0, 0.05) is 51.4 Å². The van der Waals surface area contributed by atoms with E-state index in [4.69, 9.17) is 4.74 Å². The van der Waals surface area contributed by atoms with Crippen LogP contribution in [0.5, 0.6) is 5.75 Å². The van der Waals surface area contributed by atoms with Crippen molar-refractivity contribution in [3.05, 3.63) is 54.1 Å². The average molecular weight is 486 g/mol. The molecule has 2 aromatic rings. The first-order valence-corrected chi connectivity index (χ1v) is 13.6. The van der Waals surface area contributed by atoms with Gasteiger partial charge in [-0.2, -0.15) is 4.31 Å². The normalized spacial score (nSPS) is 18.0. The Labute approximate surface area is 203 Å². The molecule has 0 unspecified atom stereocenters. The van der Waals surface area contributed by atoms with Crippen molar-refractivity contribution in [1.29, 1.82) is 0 Å². The second kappa shape index (κ2) is 10.8. The zero-order valence-corrected chi connectivity index (χ0v) is 21.0. The summed E-state index contributed by atoms with van der Waals surface area (Å²) in [6.45, 7) is 3.40. The number of sulfonamides is 1. The Morgan fingerprint density at radius 3 is 2.26 bits per heavy atom. The van der Waals surface area contributed by atoms with Gasteiger partial charge in [0.25, 0.3) is 0 Å². The zero-order chi connectivity index (χ0) is 24.1. The Kier molecular flexibility index (Phi) is 7.78. The van der Waals surface area contributed by atoms with E-state index in [0.29, 0.717) is 38.2 Å². The SMILES string of the molecule is COc1ccc(S(=O)(=O)N2CCC(C(=O)N(C)Cc3ccccc3N3CCCCC3)CC2)cc1. The lowest BCUT2D eigenvalue weighted by molar-refractivity contribution is -0.135. The molecular formula is C26H35N3O4S. The van der Waals surface area contributed by atoms with Gasteiger partial charge < -0.3 is 14.5 Å². The van der Waals surface area contributed by atoms with E-state index in [1.807, 2.05) is 13.1 Å². The van der Waals surface area contributed by atoms with Crippen molar-refractivity contribution >= 4 is 21.6 Å². The number of hydrogen-bond donors (Lipinski definition) is 0. The number of nitrogens with zero attached hydrogens (tertiary/aromatic N) is 3. The number of carbonyl (C=O) groups excluding carboxylic acids is 1. The van der Waals surface area contributed by atoms with Crippen LogP contribution in [0, 0.1) is 5.92 Å². The van der Waals surface area contributed by atoms with Crippen LogP contribution in [-0.4, -0.2) is 63.9 Å². The van der Waals surface area contributed by atoms with Crippen molar-refractivity contribution < 1.29 is 17.9 Å². The van der Waals surface area contributed by atoms with Crippen molar-refractivity contribution in [1.82, 2.24) is 9.21 Å². The largest absolute Gasteiger partial charge is 0.497 e. The van der Waals surface area contributed by atoms with Crippen LogP contribution in [0.4, 0.5) is 5.69 Å². The first-order valence-electron chi connectivity index (χ1n) is 12.1. The van der Waals surface area contributed by atoms with Crippen molar-refractivity contribution in [2.75, 3.05) is 45.2 Å². The standard InChI is InChI=1S/C26H35N3O4S/c1-27(20-22-8-4-5-9-25(22)28-16-6-3-7-17-28)26(30)21-14-18-29(19-15-21)34(31,32)24-12-10-23(33-2)11-13-24/h4-5,8-13,21H,3,6-7,14-20H2,1-2H3. The first kappa shape index (κ1) is 24.5. The van der Waals surface area contributed by atoms with Crippen molar-refractivity contribution in [2.24, 2.45) is 5.92 Å². The van der Waals surface area contributed by atoms with Crippen LogP contribution < -0.4 is 9.64 Å². The summed E-state index contributed by atoms with van der Waals surface area (Å²) in [5.74, 6) is 0.553. The summed E-state index contributed by atoms with van der Waals surface area (Å²) in [6.07, 6.45) is 4.77. The minimum Gasteiger partial charge on any atom is -0.497 e. The molecule has 4 rings (SSSR count). The van der Waals surface area contributed by atoms with Gasteiger partial charge in [0.15, 0.2) is 0 Å². The number of ether oxygens (including phenoxy) is 1. The van der Waals surface area contributed by atoms with E-state index in [1.165, 1.54) is 34.8 Å². The van der Waals surface area contributed by atoms with Gasteiger partial charge in [0.1, 0.15) is 5.75 Å². The maximum Gasteiger partial charge on any atom is 0.243 e. The van der Waals surface area contributed by atoms with E-state index in [2.05, 4.69) is 23.1 Å². The summed E-state index contributed by atoms with van der Waals surface area (Å²) in [5, 5.41) is 0. The predicted octanol–water partition coefficient (Wildman–Crippen LogP) is 3.74. The molecule has 2 aliphatic heterocycles. The summed E-state index contributed by atoms with van der Waals surface area (Å²) >= 11 is 0. The number of para-hydroxylation sites is 1. The second-order valence-electron chi connectivity index (χ2n) is 9.22. The van der Waals surface area contributed by atoms with Gasteiger partial charge in [0.05, 0.1) is 12.0 Å². The maximum absolute atomic E-state index is 13.2. The molecule has 7 nitrogen and oxygen atoms in total. The summed E-state index contributed by atoms with van der Waals surface area (Å²) in [7, 11) is -0.169. The van der Waals surface area contributed by atoms with E-state index in [0.717, 1.165) is 13.1 Å². The number of carbonyl (C=O) groups is 1. The monoisotopic (exact) mass is 485 g/mol. The quantitative estimate of drug-likeness (QED) is 0.598. The predicted molar refractivity (Wildman–Crippen MR) is 133 cm³/mol. The Bertz CT molecular complexity index is 1070. The molecule has 0 aliphatic carbocycles. The van der Waals surface area contributed by atoms with Crippen molar-refractivity contribution in [3.63, 3.8) is 0 Å². The highest BCUT2D eigenvalue weighted by molar-refractivity contribution is 7.89. The maximum atomic E-state index is 13.2. The van der Waals surface area contributed by atoms with Gasteiger partial charge in [-0.25, -0.2) is 8.42 Å². The minimum absolute atomic E-state index is 0.0925. The molecule has 2 saturated heterocycles. The molecule has 0 aromatic heterocycles. The number of hydrogen-bond acceptors (Lipinski definition) is 5. The Balaban J connectivity index is 1.36. The Hall–Kier alpha value is -2.58. The molecule has 0 radical (unpaired) electrons. The fourth-order valence-electron chi connectivity index (χ4n) is 4.97. The van der Waals surface area contributed by atoms with Gasteiger partial charge >= 0.3 is 0 Å². The number of piperidine rings is 2. The average Bonchev–Trinajstić information content (AvgIpc) is 2.89. The van der Waals surface area contributed by atoms with E-state index >= 15 is 0 Å². The number of methoxy groups -OCH3 is 1. The van der Waals surface area contributed by atoms with E-state index in [1.54, 1.807) is 36.3 Å². The zero-order valence-electron chi connectivity index (χ0n) is 20.2. The number of benzene rings is 2. The molecule has 0 spiro atoms. The Morgan fingerprint density at radius 2 is 1.62 bits per heavy atom. The van der Waals surface area contributed by atoms with Gasteiger partial charge in [-0.15, -0.1) is 0 Å². The molecule has 184 valence electrons. The highest BCUT2D eigenvalue weighted by atomic mass is 32.2. The molecule has 2 aromatic carbocycles. The van der Waals surface area contributed by atoms with Crippen LogP contribution in [0.3, 0.4) is 0 Å². The molecule has 2 fully saturated rings. The number of rotatable bonds is 7. The van der Waals surface area contributed by atoms with E-state index in [-0.39, 0.29) is 16.7 Å². The van der Waals surface area contributed by atoms with Gasteiger partial charge in [-0.3, -0.25) is 4.79 Å². The molecule has 2 aliphatic rings. The van der Waals surface area contributed by atoms with Crippen LogP contribution in [0.25, 0.3) is 0 Å². The van der Waals surface area contributed by atoms with E-state index < -0.39 is 10.0 Å². The third-order valence-electron chi connectivity index (χ3n) is 6.97. The summed E-state index contributed by atoms with van der Waals surface area (Å²) in [4.78, 5) is 17.7. The van der Waals surface area contributed by atoms with Gasteiger partial charge in [0.2, 0.25) is 15.9 Å². The third kappa shape index (κ3) is 5.39. The van der Waals surface area contributed by atoms with Crippen molar-refractivity contribution in [2.45, 2.75) is 43.5 Å². The molecule has 34 heavy (non-hydrogen) atoms. The van der Waals surface area contributed by atoms with Crippen LogP contribution >= 0.6 is 0 Å². The van der Waals surface area contributed by atoms with Crippen LogP contribution in [0.1, 0.15) is 37.7 Å². The summed E-state index contributed by atoms with van der Waals surface area (Å²) < 4.78 is 32.6. The molecule has 8 heteroatoms. The summed E-state index contributed by atoms with van der Waals surface area (Å²) in [6, 6.07) is 14.8. The Morgan fingerprint density at radius 1 is 0.971 bits per heavy atom.